The molecule has 0 saturated carbocycles. The summed E-state index contributed by atoms with van der Waals surface area (Å²) in [5, 5.41) is 3.15. The number of carbonyl (C=O) groups is 1. The number of hydrogen-bond donors (Lipinski definition) is 2. The lowest BCUT2D eigenvalue weighted by Gasteiger charge is -2.33. The van der Waals surface area contributed by atoms with Crippen molar-refractivity contribution in [3.8, 4) is 0 Å². The van der Waals surface area contributed by atoms with Gasteiger partial charge in [-0.05, 0) is 6.07 Å². The summed E-state index contributed by atoms with van der Waals surface area (Å²) >= 11 is 0. The molecule has 1 heterocycles. The standard InChI is InChI=1S/C29H24N2O/c32-28(26-20-30-27-19-11-10-18-25(26)27)21-31-29(22-12-4-1-5-13-22,23-14-6-2-7-15-23)24-16-8-3-9-17-24/h1-20,30-31H,21H2/p+1. The van der Waals surface area contributed by atoms with Crippen LogP contribution in [0.3, 0.4) is 0 Å². The van der Waals surface area contributed by atoms with Crippen molar-refractivity contribution in [2.75, 3.05) is 6.54 Å². The van der Waals surface area contributed by atoms with Crippen molar-refractivity contribution in [1.29, 1.82) is 0 Å². The van der Waals surface area contributed by atoms with Gasteiger partial charge in [0, 0.05) is 39.4 Å². The quantitative estimate of drug-likeness (QED) is 0.287. The Morgan fingerprint density at radius 2 is 1.12 bits per heavy atom. The number of rotatable bonds is 7. The maximum absolute atomic E-state index is 13.4. The van der Waals surface area contributed by atoms with E-state index in [1.807, 2.05) is 48.7 Å². The van der Waals surface area contributed by atoms with E-state index in [4.69, 9.17) is 0 Å². The molecule has 0 aliphatic heterocycles. The molecule has 0 spiro atoms. The normalized spacial score (nSPS) is 11.5. The molecule has 0 saturated heterocycles. The van der Waals surface area contributed by atoms with Crippen LogP contribution in [0.5, 0.6) is 0 Å². The fraction of sp³-hybridized carbons (Fsp3) is 0.0690. The number of para-hydroxylation sites is 1. The lowest BCUT2D eigenvalue weighted by Crippen LogP contribution is -2.96. The number of hydrogen-bond acceptors (Lipinski definition) is 1. The molecule has 0 aliphatic rings. The first-order valence-corrected chi connectivity index (χ1v) is 10.9. The number of fused-ring (bicyclic) bond motifs is 1. The number of H-pyrrole nitrogens is 1. The number of benzene rings is 4. The zero-order chi connectivity index (χ0) is 21.8. The second-order valence-electron chi connectivity index (χ2n) is 7.99. The third kappa shape index (κ3) is 3.53. The first-order chi connectivity index (χ1) is 15.8. The molecule has 0 aliphatic carbocycles. The maximum Gasteiger partial charge on any atom is 0.218 e. The van der Waals surface area contributed by atoms with E-state index in [0.717, 1.165) is 33.2 Å². The van der Waals surface area contributed by atoms with Crippen LogP contribution in [0.4, 0.5) is 0 Å². The molecule has 32 heavy (non-hydrogen) atoms. The van der Waals surface area contributed by atoms with Gasteiger partial charge in [0.2, 0.25) is 5.78 Å². The minimum Gasteiger partial charge on any atom is -0.360 e. The number of nitrogens with two attached hydrogens (primary N) is 1. The van der Waals surface area contributed by atoms with E-state index in [1.165, 1.54) is 0 Å². The Morgan fingerprint density at radius 3 is 1.66 bits per heavy atom. The van der Waals surface area contributed by atoms with Gasteiger partial charge in [0.15, 0.2) is 5.54 Å². The summed E-state index contributed by atoms with van der Waals surface area (Å²) < 4.78 is 0. The summed E-state index contributed by atoms with van der Waals surface area (Å²) in [6, 6.07) is 39.3. The molecule has 3 N–H and O–H groups in total. The average Bonchev–Trinajstić information content (AvgIpc) is 3.31. The Kier molecular flexibility index (Phi) is 5.40. The summed E-state index contributed by atoms with van der Waals surface area (Å²) in [6.45, 7) is 0.320. The summed E-state index contributed by atoms with van der Waals surface area (Å²) in [7, 11) is 0. The molecule has 3 heteroatoms. The monoisotopic (exact) mass is 417 g/mol. The number of carbonyl (C=O) groups excluding carboxylic acids is 1. The fourth-order valence-corrected chi connectivity index (χ4v) is 4.61. The van der Waals surface area contributed by atoms with Crippen molar-refractivity contribution in [1.82, 2.24) is 4.98 Å². The summed E-state index contributed by atoms with van der Waals surface area (Å²) in [6.07, 6.45) is 1.83. The van der Waals surface area contributed by atoms with Gasteiger partial charge in [-0.2, -0.15) is 0 Å². The van der Waals surface area contributed by atoms with Gasteiger partial charge >= 0.3 is 0 Å². The molecule has 5 aromatic rings. The van der Waals surface area contributed by atoms with Gasteiger partial charge in [-0.15, -0.1) is 0 Å². The smallest absolute Gasteiger partial charge is 0.218 e. The lowest BCUT2D eigenvalue weighted by atomic mass is 9.77. The van der Waals surface area contributed by atoms with Crippen LogP contribution in [0, 0.1) is 0 Å². The zero-order valence-corrected chi connectivity index (χ0v) is 17.7. The van der Waals surface area contributed by atoms with Crippen molar-refractivity contribution in [3.05, 3.63) is 144 Å². The molecule has 0 unspecified atom stereocenters. The highest BCUT2D eigenvalue weighted by molar-refractivity contribution is 6.08. The Labute approximate surface area is 187 Å². The average molecular weight is 418 g/mol. The molecule has 0 fully saturated rings. The number of aromatic amines is 1. The Bertz CT molecular complexity index is 1230. The van der Waals surface area contributed by atoms with Gasteiger partial charge in [-0.1, -0.05) is 109 Å². The van der Waals surface area contributed by atoms with E-state index in [9.17, 15) is 4.79 Å². The molecular weight excluding hydrogens is 392 g/mol. The van der Waals surface area contributed by atoms with Crippen LogP contribution >= 0.6 is 0 Å². The maximum atomic E-state index is 13.4. The molecule has 1 aromatic heterocycles. The number of quaternary nitrogens is 1. The Hall–Kier alpha value is -3.95. The van der Waals surface area contributed by atoms with Gasteiger partial charge in [-0.25, -0.2) is 0 Å². The van der Waals surface area contributed by atoms with Crippen LogP contribution in [0.1, 0.15) is 27.0 Å². The molecule has 0 radical (unpaired) electrons. The van der Waals surface area contributed by atoms with Gasteiger partial charge < -0.3 is 10.3 Å². The minimum absolute atomic E-state index is 0.106. The highest BCUT2D eigenvalue weighted by Crippen LogP contribution is 2.33. The molecule has 0 amide bonds. The molecule has 0 atom stereocenters. The van der Waals surface area contributed by atoms with Crippen molar-refractivity contribution < 1.29 is 10.1 Å². The van der Waals surface area contributed by atoms with E-state index < -0.39 is 5.54 Å². The molecule has 3 nitrogen and oxygen atoms in total. The number of ketones is 1. The number of aromatic nitrogens is 1. The van der Waals surface area contributed by atoms with Crippen molar-refractivity contribution in [2.24, 2.45) is 0 Å². The number of Topliss-reactive ketones (excluding diaryl/α,β-unsaturated/α-hetero) is 1. The highest BCUT2D eigenvalue weighted by Gasteiger charge is 2.40. The predicted molar refractivity (Wildman–Crippen MR) is 129 cm³/mol. The van der Waals surface area contributed by atoms with Crippen molar-refractivity contribution in [2.45, 2.75) is 5.54 Å². The zero-order valence-electron chi connectivity index (χ0n) is 17.7. The van der Waals surface area contributed by atoms with E-state index in [-0.39, 0.29) is 5.78 Å². The minimum atomic E-state index is -0.536. The van der Waals surface area contributed by atoms with E-state index in [1.54, 1.807) is 0 Å². The summed E-state index contributed by atoms with van der Waals surface area (Å²) in [5.74, 6) is 0.106. The van der Waals surface area contributed by atoms with E-state index in [2.05, 4.69) is 83.1 Å². The molecule has 156 valence electrons. The summed E-state index contributed by atoms with van der Waals surface area (Å²) in [5.41, 5.74) is 4.61. The van der Waals surface area contributed by atoms with Gasteiger partial charge in [-0.3, -0.25) is 4.79 Å². The first-order valence-electron chi connectivity index (χ1n) is 10.9. The second kappa shape index (κ2) is 8.66. The Balaban J connectivity index is 1.61. The van der Waals surface area contributed by atoms with Crippen LogP contribution in [-0.4, -0.2) is 17.3 Å². The van der Waals surface area contributed by atoms with Gasteiger partial charge in [0.1, 0.15) is 6.54 Å². The topological polar surface area (TPSA) is 49.5 Å². The molecule has 0 bridgehead atoms. The highest BCUT2D eigenvalue weighted by atomic mass is 16.1. The molecule has 4 aromatic carbocycles. The molecule has 5 rings (SSSR count). The summed E-state index contributed by atoms with van der Waals surface area (Å²) in [4.78, 5) is 16.6. The van der Waals surface area contributed by atoms with E-state index >= 15 is 0 Å². The van der Waals surface area contributed by atoms with Crippen LogP contribution in [0.2, 0.25) is 0 Å². The third-order valence-electron chi connectivity index (χ3n) is 6.17. The van der Waals surface area contributed by atoms with Crippen LogP contribution in [0.15, 0.2) is 121 Å². The van der Waals surface area contributed by atoms with Gasteiger partial charge in [0.25, 0.3) is 0 Å². The van der Waals surface area contributed by atoms with Gasteiger partial charge in [0.05, 0.1) is 0 Å². The van der Waals surface area contributed by atoms with E-state index in [0.29, 0.717) is 6.54 Å². The fourth-order valence-electron chi connectivity index (χ4n) is 4.61. The predicted octanol–water partition coefficient (Wildman–Crippen LogP) is 4.91. The second-order valence-corrected chi connectivity index (χ2v) is 7.99. The SMILES string of the molecule is O=C(C[NH2+]C(c1ccccc1)(c1ccccc1)c1ccccc1)c1c[nH]c2ccccc12. The number of nitrogens with one attached hydrogen (secondary N) is 1. The lowest BCUT2D eigenvalue weighted by molar-refractivity contribution is -0.705. The first kappa shape index (κ1) is 20.0. The Morgan fingerprint density at radius 1 is 0.656 bits per heavy atom. The largest absolute Gasteiger partial charge is 0.360 e. The van der Waals surface area contributed by atoms with Crippen LogP contribution in [-0.2, 0) is 5.54 Å². The van der Waals surface area contributed by atoms with Crippen molar-refractivity contribution >= 4 is 16.7 Å². The van der Waals surface area contributed by atoms with Crippen LogP contribution in [0.25, 0.3) is 10.9 Å². The van der Waals surface area contributed by atoms with Crippen LogP contribution < -0.4 is 5.32 Å². The third-order valence-corrected chi connectivity index (χ3v) is 6.17. The molecular formula is C29H25N2O+. The van der Waals surface area contributed by atoms with Crippen molar-refractivity contribution in [3.63, 3.8) is 0 Å².